The summed E-state index contributed by atoms with van der Waals surface area (Å²) in [6, 6.07) is 3.82. The monoisotopic (exact) mass is 604 g/mol. The lowest BCUT2D eigenvalue weighted by atomic mass is 9.41. The van der Waals surface area contributed by atoms with E-state index in [2.05, 4.69) is 27.7 Å². The third-order valence-electron chi connectivity index (χ3n) is 13.1. The Morgan fingerprint density at radius 2 is 1.74 bits per heavy atom. The van der Waals surface area contributed by atoms with Gasteiger partial charge in [-0.3, -0.25) is 4.79 Å². The molecule has 0 aromatic heterocycles. The molecule has 0 radical (unpaired) electrons. The van der Waals surface area contributed by atoms with Crippen LogP contribution in [0.1, 0.15) is 104 Å². The van der Waals surface area contributed by atoms with E-state index in [1.54, 1.807) is 6.92 Å². The summed E-state index contributed by atoms with van der Waals surface area (Å²) in [4.78, 5) is 12.5. The van der Waals surface area contributed by atoms with Gasteiger partial charge in [0.2, 0.25) is 0 Å². The Balaban J connectivity index is 1.21. The minimum atomic E-state index is -3.86. The third kappa shape index (κ3) is 5.53. The fraction of sp³-hybridized carbons (Fsp3) is 0.800. The van der Waals surface area contributed by atoms with E-state index in [9.17, 15) is 27.8 Å². The zero-order valence-electron chi connectivity index (χ0n) is 26.3. The summed E-state index contributed by atoms with van der Waals surface area (Å²) in [5.74, 6) is 1.47. The second kappa shape index (κ2) is 11.9. The van der Waals surface area contributed by atoms with Crippen LogP contribution in [0.25, 0.3) is 0 Å². The molecule has 4 aliphatic carbocycles. The summed E-state index contributed by atoms with van der Waals surface area (Å²) in [7, 11) is -3.86. The van der Waals surface area contributed by atoms with Crippen molar-refractivity contribution in [2.75, 3.05) is 5.75 Å². The number of halogens is 1. The summed E-state index contributed by atoms with van der Waals surface area (Å²) in [5, 5.41) is 22.4. The van der Waals surface area contributed by atoms with Gasteiger partial charge >= 0.3 is 0 Å². The number of ketones is 1. The molecule has 4 aliphatic rings. The molecule has 11 atom stereocenters. The van der Waals surface area contributed by atoms with Crippen LogP contribution >= 0.6 is 0 Å². The first-order valence-corrected chi connectivity index (χ1v) is 18.2. The number of hydrogen-bond acceptors (Lipinski definition) is 5. The molecular formula is C35H53FO5S. The van der Waals surface area contributed by atoms with E-state index in [1.165, 1.54) is 18.6 Å². The fourth-order valence-electron chi connectivity index (χ4n) is 10.9. The second-order valence-corrected chi connectivity index (χ2v) is 17.2. The highest BCUT2D eigenvalue weighted by atomic mass is 32.2. The van der Waals surface area contributed by atoms with Gasteiger partial charge in [0, 0.05) is 6.42 Å². The van der Waals surface area contributed by atoms with Crippen molar-refractivity contribution < 1.29 is 27.8 Å². The van der Waals surface area contributed by atoms with Gasteiger partial charge in [-0.25, -0.2) is 12.8 Å². The van der Waals surface area contributed by atoms with Crippen LogP contribution in [0.2, 0.25) is 0 Å². The van der Waals surface area contributed by atoms with Crippen molar-refractivity contribution in [1.29, 1.82) is 0 Å². The van der Waals surface area contributed by atoms with Crippen LogP contribution in [0.15, 0.2) is 23.1 Å². The predicted molar refractivity (Wildman–Crippen MR) is 163 cm³/mol. The van der Waals surface area contributed by atoms with Crippen LogP contribution in [-0.2, 0) is 14.6 Å². The van der Waals surface area contributed by atoms with Gasteiger partial charge in [0.15, 0.2) is 9.84 Å². The van der Waals surface area contributed by atoms with Gasteiger partial charge in [0.05, 0.1) is 17.1 Å². The zero-order valence-corrected chi connectivity index (χ0v) is 27.1. The number of benzene rings is 1. The summed E-state index contributed by atoms with van der Waals surface area (Å²) in [5.41, 5.74) is 0.737. The SMILES string of the molecule is CC[C@H]1[C@@H](O)[C@@H]2[C@H](CC[C@]3(C)[C@@H]([C@H](C)CCCC(=O)CS(=O)(=O)c4ccc(C)c(F)c4)CC[C@@H]23)[C@@]2(C)CC[C@@H](O)C[C@@H]12. The molecule has 1 aromatic carbocycles. The molecule has 0 amide bonds. The first-order chi connectivity index (χ1) is 19.7. The Morgan fingerprint density at radius 3 is 2.43 bits per heavy atom. The van der Waals surface area contributed by atoms with Crippen molar-refractivity contribution >= 4 is 15.6 Å². The number of Topliss-reactive ketones (excluding diaryl/α,β-unsaturated/α-hetero) is 1. The Bertz CT molecular complexity index is 1260. The molecule has 0 aliphatic heterocycles. The fourth-order valence-corrected chi connectivity index (χ4v) is 12.2. The molecule has 4 saturated carbocycles. The number of fused-ring (bicyclic) bond motifs is 5. The molecule has 0 unspecified atom stereocenters. The first kappa shape index (κ1) is 32.1. The van der Waals surface area contributed by atoms with Crippen LogP contribution in [0.5, 0.6) is 0 Å². The van der Waals surface area contributed by atoms with Crippen LogP contribution in [0, 0.1) is 65.0 Å². The molecule has 1 aromatic rings. The molecule has 42 heavy (non-hydrogen) atoms. The highest BCUT2D eigenvalue weighted by Crippen LogP contribution is 2.69. The average Bonchev–Trinajstić information content (AvgIpc) is 3.28. The molecule has 5 rings (SSSR count). The molecule has 0 spiro atoms. The summed E-state index contributed by atoms with van der Waals surface area (Å²) >= 11 is 0. The van der Waals surface area contributed by atoms with Gasteiger partial charge in [-0.1, -0.05) is 46.6 Å². The molecule has 4 fully saturated rings. The van der Waals surface area contributed by atoms with E-state index < -0.39 is 21.4 Å². The van der Waals surface area contributed by atoms with E-state index in [0.29, 0.717) is 47.5 Å². The molecule has 0 bridgehead atoms. The minimum absolute atomic E-state index is 0.132. The second-order valence-electron chi connectivity index (χ2n) is 15.2. The van der Waals surface area contributed by atoms with Gasteiger partial charge in [0.1, 0.15) is 17.4 Å². The lowest BCUT2D eigenvalue weighted by Gasteiger charge is -2.64. The number of sulfone groups is 1. The number of hydrogen-bond donors (Lipinski definition) is 2. The molecule has 0 saturated heterocycles. The number of carbonyl (C=O) groups is 1. The zero-order chi connectivity index (χ0) is 30.6. The standard InChI is InChI=1S/C35H53FO5S/c1-6-26-30-18-23(37)14-16-35(30,5)29-15-17-34(4)27(12-13-28(34)32(29)33(26)39)21(2)8-7-9-24(38)20-42(40,41)25-11-10-22(3)31(36)19-25/h10-11,19,21,23,26-30,32-33,37,39H,6-9,12-18,20H2,1-5H3/t21-,23-,26-,27-,28+,29+,30+,32+,33-,34-,35-/m1/s1. The van der Waals surface area contributed by atoms with E-state index in [4.69, 9.17) is 0 Å². The maximum Gasteiger partial charge on any atom is 0.185 e. The van der Waals surface area contributed by atoms with Gasteiger partial charge in [-0.2, -0.15) is 0 Å². The van der Waals surface area contributed by atoms with Crippen LogP contribution < -0.4 is 0 Å². The normalized spacial score (nSPS) is 40.6. The highest BCUT2D eigenvalue weighted by molar-refractivity contribution is 7.92. The van der Waals surface area contributed by atoms with Crippen molar-refractivity contribution in [3.63, 3.8) is 0 Å². The average molecular weight is 605 g/mol. The Hall–Kier alpha value is -1.31. The number of rotatable bonds is 9. The predicted octanol–water partition coefficient (Wildman–Crippen LogP) is 6.91. The first-order valence-electron chi connectivity index (χ1n) is 16.6. The van der Waals surface area contributed by atoms with Gasteiger partial charge in [0.25, 0.3) is 0 Å². The van der Waals surface area contributed by atoms with Crippen molar-refractivity contribution in [2.45, 2.75) is 122 Å². The number of aliphatic hydroxyl groups excluding tert-OH is 2. The third-order valence-corrected chi connectivity index (χ3v) is 14.8. The quantitative estimate of drug-likeness (QED) is 0.320. The lowest BCUT2D eigenvalue weighted by Crippen LogP contribution is -2.62. The van der Waals surface area contributed by atoms with Crippen molar-refractivity contribution in [3.05, 3.63) is 29.6 Å². The molecule has 0 heterocycles. The molecular weight excluding hydrogens is 551 g/mol. The van der Waals surface area contributed by atoms with E-state index in [1.807, 2.05) is 0 Å². The Morgan fingerprint density at radius 1 is 1.05 bits per heavy atom. The van der Waals surface area contributed by atoms with E-state index >= 15 is 0 Å². The molecule has 5 nitrogen and oxygen atoms in total. The van der Waals surface area contributed by atoms with Gasteiger partial charge in [-0.05, 0) is 128 Å². The van der Waals surface area contributed by atoms with Gasteiger partial charge in [-0.15, -0.1) is 0 Å². The van der Waals surface area contributed by atoms with Crippen LogP contribution in [0.4, 0.5) is 4.39 Å². The number of aliphatic hydroxyl groups is 2. The lowest BCUT2D eigenvalue weighted by molar-refractivity contribution is -0.203. The van der Waals surface area contributed by atoms with Crippen molar-refractivity contribution in [1.82, 2.24) is 0 Å². The van der Waals surface area contributed by atoms with Crippen LogP contribution in [-0.4, -0.2) is 42.4 Å². The maximum atomic E-state index is 13.9. The van der Waals surface area contributed by atoms with Crippen molar-refractivity contribution in [3.8, 4) is 0 Å². The van der Waals surface area contributed by atoms with E-state index in [0.717, 1.165) is 57.4 Å². The summed E-state index contributed by atoms with van der Waals surface area (Å²) in [6.45, 7) is 11.0. The summed E-state index contributed by atoms with van der Waals surface area (Å²) in [6.07, 6.45) is 9.57. The Labute approximate surface area is 253 Å². The maximum absolute atomic E-state index is 13.9. The highest BCUT2D eigenvalue weighted by Gasteiger charge is 2.64. The van der Waals surface area contributed by atoms with Crippen molar-refractivity contribution in [2.24, 2.45) is 52.3 Å². The largest absolute Gasteiger partial charge is 0.393 e. The summed E-state index contributed by atoms with van der Waals surface area (Å²) < 4.78 is 39.3. The van der Waals surface area contributed by atoms with E-state index in [-0.39, 0.29) is 46.1 Å². The Kier molecular flexibility index (Phi) is 9.09. The molecule has 7 heteroatoms. The smallest absolute Gasteiger partial charge is 0.185 e. The molecule has 236 valence electrons. The number of aryl methyl sites for hydroxylation is 1. The minimum Gasteiger partial charge on any atom is -0.393 e. The van der Waals surface area contributed by atoms with Crippen LogP contribution in [0.3, 0.4) is 0 Å². The number of carbonyl (C=O) groups excluding carboxylic acids is 1. The van der Waals surface area contributed by atoms with Gasteiger partial charge < -0.3 is 10.2 Å². The topological polar surface area (TPSA) is 91.7 Å². The molecule has 2 N–H and O–H groups in total.